The van der Waals surface area contributed by atoms with Crippen molar-refractivity contribution in [3.05, 3.63) is 16.1 Å². The van der Waals surface area contributed by atoms with Gasteiger partial charge >= 0.3 is 0 Å². The first-order valence-electron chi connectivity index (χ1n) is 7.34. The monoisotopic (exact) mass is 295 g/mol. The van der Waals surface area contributed by atoms with Crippen molar-refractivity contribution in [3.8, 4) is 0 Å². The quantitative estimate of drug-likeness (QED) is 0.899. The number of carbonyl (C=O) groups is 1. The minimum Gasteiger partial charge on any atom is -0.351 e. The number of hydrogen-bond donors (Lipinski definition) is 2. The zero-order chi connectivity index (χ0) is 14.8. The first kappa shape index (κ1) is 15.4. The molecule has 1 fully saturated rings. The Kier molecular flexibility index (Phi) is 4.81. The number of rotatable bonds is 3. The van der Waals surface area contributed by atoms with E-state index in [0.717, 1.165) is 30.1 Å². The van der Waals surface area contributed by atoms with Crippen LogP contribution in [-0.2, 0) is 16.6 Å². The van der Waals surface area contributed by atoms with Crippen LogP contribution in [0.1, 0.15) is 51.2 Å². The second-order valence-corrected chi connectivity index (χ2v) is 7.49. The van der Waals surface area contributed by atoms with Crippen LogP contribution in [0.4, 0.5) is 0 Å². The third-order valence-electron chi connectivity index (χ3n) is 3.64. The zero-order valence-corrected chi connectivity index (χ0v) is 13.6. The molecule has 1 aromatic rings. The molecule has 1 aliphatic heterocycles. The summed E-state index contributed by atoms with van der Waals surface area (Å²) in [6, 6.07) is 0.602. The van der Waals surface area contributed by atoms with Gasteiger partial charge in [-0.05, 0) is 26.3 Å². The Balaban J connectivity index is 1.89. The Morgan fingerprint density at radius 1 is 1.55 bits per heavy atom. The molecule has 0 aliphatic carbocycles. The molecule has 2 N–H and O–H groups in total. The lowest BCUT2D eigenvalue weighted by Crippen LogP contribution is -2.52. The van der Waals surface area contributed by atoms with Gasteiger partial charge < -0.3 is 10.6 Å². The summed E-state index contributed by atoms with van der Waals surface area (Å²) in [6.45, 7) is 9.61. The lowest BCUT2D eigenvalue weighted by atomic mass is 9.98. The molecule has 1 aliphatic rings. The van der Waals surface area contributed by atoms with Gasteiger partial charge in [0, 0.05) is 22.9 Å². The van der Waals surface area contributed by atoms with E-state index in [2.05, 4.69) is 43.3 Å². The van der Waals surface area contributed by atoms with E-state index in [-0.39, 0.29) is 17.4 Å². The number of aromatic nitrogens is 1. The molecule has 2 rings (SSSR count). The molecule has 0 saturated carbocycles. The summed E-state index contributed by atoms with van der Waals surface area (Å²) in [6.07, 6.45) is 2.57. The average molecular weight is 295 g/mol. The molecule has 5 heteroatoms. The molecule has 2 atom stereocenters. The molecule has 4 nitrogen and oxygen atoms in total. The normalized spacial score (nSPS) is 23.6. The largest absolute Gasteiger partial charge is 0.351 e. The highest BCUT2D eigenvalue weighted by Crippen LogP contribution is 2.25. The highest BCUT2D eigenvalue weighted by molar-refractivity contribution is 7.09. The highest BCUT2D eigenvalue weighted by Gasteiger charge is 2.23. The SMILES string of the molecule is CC1NCCCC1NC(=O)Cc1csc(C(C)(C)C)n1. The van der Waals surface area contributed by atoms with E-state index in [0.29, 0.717) is 12.5 Å². The van der Waals surface area contributed by atoms with Crippen LogP contribution in [0.15, 0.2) is 5.38 Å². The molecule has 1 amide bonds. The number of thiazole rings is 1. The number of nitrogens with one attached hydrogen (secondary N) is 2. The minimum atomic E-state index is 0.0567. The van der Waals surface area contributed by atoms with Crippen molar-refractivity contribution >= 4 is 17.2 Å². The van der Waals surface area contributed by atoms with Crippen molar-refractivity contribution in [1.29, 1.82) is 0 Å². The van der Waals surface area contributed by atoms with Crippen LogP contribution in [0.25, 0.3) is 0 Å². The lowest BCUT2D eigenvalue weighted by molar-refractivity contribution is -0.121. The molecule has 0 spiro atoms. The summed E-state index contributed by atoms with van der Waals surface area (Å²) in [5.74, 6) is 0.0799. The molecule has 0 bridgehead atoms. The van der Waals surface area contributed by atoms with Crippen molar-refractivity contribution in [2.75, 3.05) is 6.54 Å². The Morgan fingerprint density at radius 3 is 2.90 bits per heavy atom. The summed E-state index contributed by atoms with van der Waals surface area (Å²) >= 11 is 1.64. The first-order valence-corrected chi connectivity index (χ1v) is 8.22. The summed E-state index contributed by atoms with van der Waals surface area (Å²) in [5, 5.41) is 9.62. The van der Waals surface area contributed by atoms with Gasteiger partial charge in [-0.2, -0.15) is 0 Å². The second kappa shape index (κ2) is 6.22. The van der Waals surface area contributed by atoms with E-state index in [1.165, 1.54) is 0 Å². The van der Waals surface area contributed by atoms with Crippen LogP contribution in [0.5, 0.6) is 0 Å². The third-order valence-corrected chi connectivity index (χ3v) is 4.96. The van der Waals surface area contributed by atoms with E-state index in [4.69, 9.17) is 0 Å². The number of piperidine rings is 1. The maximum absolute atomic E-state index is 12.1. The topological polar surface area (TPSA) is 54.0 Å². The molecule has 2 unspecified atom stereocenters. The molecular weight excluding hydrogens is 270 g/mol. The van der Waals surface area contributed by atoms with Gasteiger partial charge in [0.25, 0.3) is 0 Å². The van der Waals surface area contributed by atoms with Crippen LogP contribution in [-0.4, -0.2) is 29.5 Å². The number of carbonyl (C=O) groups excluding carboxylic acids is 1. The maximum Gasteiger partial charge on any atom is 0.226 e. The second-order valence-electron chi connectivity index (χ2n) is 6.63. The highest BCUT2D eigenvalue weighted by atomic mass is 32.1. The fraction of sp³-hybridized carbons (Fsp3) is 0.733. The van der Waals surface area contributed by atoms with Crippen LogP contribution >= 0.6 is 11.3 Å². The van der Waals surface area contributed by atoms with E-state index in [1.807, 2.05) is 5.38 Å². The summed E-state index contributed by atoms with van der Waals surface area (Å²) < 4.78 is 0. The van der Waals surface area contributed by atoms with Crippen LogP contribution in [0, 0.1) is 0 Å². The van der Waals surface area contributed by atoms with Gasteiger partial charge in [-0.25, -0.2) is 4.98 Å². The van der Waals surface area contributed by atoms with Gasteiger partial charge in [0.05, 0.1) is 17.1 Å². The van der Waals surface area contributed by atoms with Gasteiger partial charge in [0.1, 0.15) is 0 Å². The average Bonchev–Trinajstić information content (AvgIpc) is 2.80. The summed E-state index contributed by atoms with van der Waals surface area (Å²) in [5.41, 5.74) is 0.940. The van der Waals surface area contributed by atoms with Gasteiger partial charge in [0.15, 0.2) is 0 Å². The van der Waals surface area contributed by atoms with Crippen LogP contribution in [0.3, 0.4) is 0 Å². The zero-order valence-electron chi connectivity index (χ0n) is 12.8. The Hall–Kier alpha value is -0.940. The summed E-state index contributed by atoms with van der Waals surface area (Å²) in [4.78, 5) is 16.7. The Labute approximate surface area is 125 Å². The standard InChI is InChI=1S/C15H25N3OS/c1-10-12(6-5-7-16-10)18-13(19)8-11-9-20-14(17-11)15(2,3)4/h9-10,12,16H,5-8H2,1-4H3,(H,18,19). The predicted molar refractivity (Wildman–Crippen MR) is 83.1 cm³/mol. The van der Waals surface area contributed by atoms with Crippen molar-refractivity contribution < 1.29 is 4.79 Å². The third kappa shape index (κ3) is 4.03. The summed E-state index contributed by atoms with van der Waals surface area (Å²) in [7, 11) is 0. The van der Waals surface area contributed by atoms with Crippen molar-refractivity contribution in [2.45, 2.75) is 64.5 Å². The molecule has 0 radical (unpaired) electrons. The molecule has 20 heavy (non-hydrogen) atoms. The van der Waals surface area contributed by atoms with Gasteiger partial charge in [-0.3, -0.25) is 4.79 Å². The Bertz CT molecular complexity index is 464. The van der Waals surface area contributed by atoms with E-state index in [1.54, 1.807) is 11.3 Å². The smallest absolute Gasteiger partial charge is 0.226 e. The first-order chi connectivity index (χ1) is 9.36. The number of hydrogen-bond acceptors (Lipinski definition) is 4. The molecule has 1 saturated heterocycles. The van der Waals surface area contributed by atoms with E-state index in [9.17, 15) is 4.79 Å². The maximum atomic E-state index is 12.1. The number of amides is 1. The van der Waals surface area contributed by atoms with Gasteiger partial charge in [-0.1, -0.05) is 20.8 Å². The van der Waals surface area contributed by atoms with Crippen molar-refractivity contribution in [2.24, 2.45) is 0 Å². The molecule has 2 heterocycles. The van der Waals surface area contributed by atoms with Gasteiger partial charge in [0.2, 0.25) is 5.91 Å². The van der Waals surface area contributed by atoms with Gasteiger partial charge in [-0.15, -0.1) is 11.3 Å². The number of nitrogens with zero attached hydrogens (tertiary/aromatic N) is 1. The van der Waals surface area contributed by atoms with Crippen LogP contribution in [0.2, 0.25) is 0 Å². The fourth-order valence-electron chi connectivity index (χ4n) is 2.40. The molecule has 1 aromatic heterocycles. The Morgan fingerprint density at radius 2 is 2.30 bits per heavy atom. The van der Waals surface area contributed by atoms with E-state index < -0.39 is 0 Å². The van der Waals surface area contributed by atoms with E-state index >= 15 is 0 Å². The predicted octanol–water partition coefficient (Wildman–Crippen LogP) is 2.24. The lowest BCUT2D eigenvalue weighted by Gasteiger charge is -2.30. The molecule has 0 aromatic carbocycles. The molecular formula is C15H25N3OS. The fourth-order valence-corrected chi connectivity index (χ4v) is 3.30. The van der Waals surface area contributed by atoms with Crippen molar-refractivity contribution in [3.63, 3.8) is 0 Å². The minimum absolute atomic E-state index is 0.0567. The van der Waals surface area contributed by atoms with Crippen LogP contribution < -0.4 is 10.6 Å². The van der Waals surface area contributed by atoms with Crippen molar-refractivity contribution in [1.82, 2.24) is 15.6 Å². The molecule has 112 valence electrons.